The maximum absolute atomic E-state index is 13.8. The molecule has 0 aromatic carbocycles. The first kappa shape index (κ1) is 20.0. The Labute approximate surface area is 144 Å². The van der Waals surface area contributed by atoms with Crippen LogP contribution in [0, 0.1) is 5.92 Å². The van der Waals surface area contributed by atoms with Gasteiger partial charge in [0.05, 0.1) is 13.2 Å². The monoisotopic (exact) mass is 366 g/mol. The lowest BCUT2D eigenvalue weighted by Gasteiger charge is -2.36. The average molecular weight is 366 g/mol. The molecular weight excluding hydrogens is 341 g/mol. The van der Waals surface area contributed by atoms with E-state index in [-0.39, 0.29) is 6.54 Å². The second-order valence-electron chi connectivity index (χ2n) is 6.58. The fourth-order valence-corrected chi connectivity index (χ4v) is 3.33. The summed E-state index contributed by atoms with van der Waals surface area (Å²) in [4.78, 5) is 24.4. The third kappa shape index (κ3) is 4.63. The highest BCUT2D eigenvalue weighted by Gasteiger charge is 2.63. The van der Waals surface area contributed by atoms with Crippen LogP contribution in [0.1, 0.15) is 44.9 Å². The van der Waals surface area contributed by atoms with Crippen molar-refractivity contribution in [1.29, 1.82) is 0 Å². The number of ether oxygens (including phenoxy) is 2. The molecule has 1 aliphatic heterocycles. The van der Waals surface area contributed by atoms with Gasteiger partial charge in [-0.3, -0.25) is 10.1 Å². The Hall–Kier alpha value is -1.35. The van der Waals surface area contributed by atoms with E-state index < -0.39 is 35.7 Å². The van der Waals surface area contributed by atoms with Gasteiger partial charge in [-0.1, -0.05) is 19.3 Å². The summed E-state index contributed by atoms with van der Waals surface area (Å²) in [6.45, 7) is 0.261. The third-order valence-electron chi connectivity index (χ3n) is 4.82. The number of methoxy groups -OCH3 is 1. The van der Waals surface area contributed by atoms with Gasteiger partial charge in [0, 0.05) is 19.1 Å². The summed E-state index contributed by atoms with van der Waals surface area (Å²) in [5.74, 6) is -2.88. The Bertz CT molecular complexity index is 474. The molecule has 2 rings (SSSR count). The van der Waals surface area contributed by atoms with E-state index in [1.807, 2.05) is 5.32 Å². The molecule has 2 aliphatic rings. The number of nitrogens with one attached hydrogen (secondary N) is 2. The molecule has 2 N–H and O–H groups in total. The lowest BCUT2D eigenvalue weighted by molar-refractivity contribution is -0.221. The fourth-order valence-electron chi connectivity index (χ4n) is 3.33. The maximum atomic E-state index is 13.8. The molecule has 0 radical (unpaired) electrons. The number of esters is 1. The molecule has 1 saturated carbocycles. The van der Waals surface area contributed by atoms with Crippen molar-refractivity contribution < 1.29 is 32.2 Å². The molecule has 0 spiro atoms. The van der Waals surface area contributed by atoms with Crippen molar-refractivity contribution in [3.8, 4) is 0 Å². The van der Waals surface area contributed by atoms with Gasteiger partial charge in [-0.2, -0.15) is 13.2 Å². The second-order valence-corrected chi connectivity index (χ2v) is 6.58. The summed E-state index contributed by atoms with van der Waals surface area (Å²) in [5, 5.41) is 4.09. The van der Waals surface area contributed by atoms with Crippen LogP contribution in [0.15, 0.2) is 0 Å². The van der Waals surface area contributed by atoms with E-state index in [2.05, 4.69) is 10.1 Å². The van der Waals surface area contributed by atoms with Gasteiger partial charge < -0.3 is 14.8 Å². The second kappa shape index (κ2) is 8.35. The minimum absolute atomic E-state index is 0.209. The average Bonchev–Trinajstić information content (AvgIpc) is 3.11. The van der Waals surface area contributed by atoms with Gasteiger partial charge in [0.1, 0.15) is 0 Å². The highest BCUT2D eigenvalue weighted by Crippen LogP contribution is 2.32. The van der Waals surface area contributed by atoms with Crippen molar-refractivity contribution in [3.63, 3.8) is 0 Å². The van der Waals surface area contributed by atoms with E-state index in [0.717, 1.165) is 32.8 Å². The van der Waals surface area contributed by atoms with Crippen LogP contribution in [0.3, 0.4) is 0 Å². The molecule has 0 aromatic rings. The molecule has 2 atom stereocenters. The lowest BCUT2D eigenvalue weighted by Crippen LogP contribution is -2.73. The summed E-state index contributed by atoms with van der Waals surface area (Å²) in [6.07, 6.45) is -0.559. The van der Waals surface area contributed by atoms with Crippen molar-refractivity contribution in [2.45, 2.75) is 62.9 Å². The predicted molar refractivity (Wildman–Crippen MR) is 82.5 cm³/mol. The van der Waals surface area contributed by atoms with Crippen LogP contribution >= 0.6 is 0 Å². The number of rotatable bonds is 6. The molecule has 1 amide bonds. The van der Waals surface area contributed by atoms with Crippen molar-refractivity contribution >= 4 is 11.9 Å². The molecule has 144 valence electrons. The molecule has 1 saturated heterocycles. The van der Waals surface area contributed by atoms with Crippen molar-refractivity contribution in [1.82, 2.24) is 10.6 Å². The first-order valence-electron chi connectivity index (χ1n) is 8.64. The number of carbonyl (C=O) groups is 2. The Balaban J connectivity index is 2.18. The van der Waals surface area contributed by atoms with Crippen LogP contribution in [0.2, 0.25) is 0 Å². The van der Waals surface area contributed by atoms with E-state index >= 15 is 0 Å². The largest absolute Gasteiger partial charge is 0.466 e. The Kier molecular flexibility index (Phi) is 6.67. The summed E-state index contributed by atoms with van der Waals surface area (Å²) in [6, 6.07) is 0. The Morgan fingerprint density at radius 3 is 2.32 bits per heavy atom. The maximum Gasteiger partial charge on any atom is 0.436 e. The molecule has 2 fully saturated rings. The van der Waals surface area contributed by atoms with Crippen molar-refractivity contribution in [2.24, 2.45) is 5.92 Å². The van der Waals surface area contributed by atoms with Crippen LogP contribution in [0.4, 0.5) is 13.2 Å². The molecule has 1 heterocycles. The number of carbonyl (C=O) groups excluding carboxylic acids is 2. The highest BCUT2D eigenvalue weighted by molar-refractivity contribution is 5.89. The van der Waals surface area contributed by atoms with Gasteiger partial charge in [-0.15, -0.1) is 0 Å². The lowest BCUT2D eigenvalue weighted by atomic mass is 9.88. The zero-order valence-electron chi connectivity index (χ0n) is 14.3. The first-order chi connectivity index (χ1) is 11.8. The van der Waals surface area contributed by atoms with Gasteiger partial charge in [-0.05, 0) is 25.7 Å². The minimum Gasteiger partial charge on any atom is -0.466 e. The Morgan fingerprint density at radius 2 is 1.80 bits per heavy atom. The molecule has 0 unspecified atom stereocenters. The van der Waals surface area contributed by atoms with Gasteiger partial charge in [0.15, 0.2) is 0 Å². The summed E-state index contributed by atoms with van der Waals surface area (Å²) in [5.41, 5.74) is -3.26. The number of hydrogen-bond acceptors (Lipinski definition) is 5. The number of hydrogen-bond donors (Lipinski definition) is 2. The first-order valence-corrected chi connectivity index (χ1v) is 8.64. The van der Waals surface area contributed by atoms with Gasteiger partial charge >= 0.3 is 12.1 Å². The fraction of sp³-hybridized carbons (Fsp3) is 0.875. The van der Waals surface area contributed by atoms with Crippen LogP contribution < -0.4 is 10.6 Å². The molecule has 0 bridgehead atoms. The van der Waals surface area contributed by atoms with Crippen LogP contribution in [0.5, 0.6) is 0 Å². The number of alkyl halides is 3. The summed E-state index contributed by atoms with van der Waals surface area (Å²) < 4.78 is 51.1. The van der Waals surface area contributed by atoms with E-state index in [9.17, 15) is 22.8 Å². The van der Waals surface area contributed by atoms with E-state index in [4.69, 9.17) is 4.74 Å². The third-order valence-corrected chi connectivity index (χ3v) is 4.82. The molecule has 9 heteroatoms. The van der Waals surface area contributed by atoms with Crippen LogP contribution in [0.25, 0.3) is 0 Å². The predicted octanol–water partition coefficient (Wildman–Crippen LogP) is 1.88. The SMILES string of the molecule is COC(=O)[C@](NC[C@H]1CCCO1)(NC(=O)C1CCCCC1)C(F)(F)F. The van der Waals surface area contributed by atoms with Crippen LogP contribution in [-0.2, 0) is 19.1 Å². The normalized spacial score (nSPS) is 24.6. The van der Waals surface area contributed by atoms with Crippen molar-refractivity contribution in [3.05, 3.63) is 0 Å². The minimum atomic E-state index is -5.05. The quantitative estimate of drug-likeness (QED) is 0.555. The van der Waals surface area contributed by atoms with Crippen molar-refractivity contribution in [2.75, 3.05) is 20.3 Å². The van der Waals surface area contributed by atoms with Gasteiger partial charge in [-0.25, -0.2) is 4.79 Å². The van der Waals surface area contributed by atoms with E-state index in [0.29, 0.717) is 25.9 Å². The summed E-state index contributed by atoms with van der Waals surface area (Å²) in [7, 11) is 0.864. The van der Waals surface area contributed by atoms with E-state index in [1.54, 1.807) is 0 Å². The van der Waals surface area contributed by atoms with Crippen LogP contribution in [-0.4, -0.2) is 50.1 Å². The molecule has 1 aliphatic carbocycles. The topological polar surface area (TPSA) is 76.7 Å². The molecule has 0 aromatic heterocycles. The Morgan fingerprint density at radius 1 is 1.12 bits per heavy atom. The standard InChI is InChI=1S/C16H25F3N2O4/c1-24-14(23)15(16(17,18)19,20-10-12-8-5-9-25-12)21-13(22)11-6-3-2-4-7-11/h11-12,20H,2-10H2,1H3,(H,21,22)/t12-,15+/m1/s1. The smallest absolute Gasteiger partial charge is 0.436 e. The summed E-state index contributed by atoms with van der Waals surface area (Å²) >= 11 is 0. The van der Waals surface area contributed by atoms with Gasteiger partial charge in [0.25, 0.3) is 5.66 Å². The van der Waals surface area contributed by atoms with E-state index in [1.165, 1.54) is 0 Å². The zero-order valence-corrected chi connectivity index (χ0v) is 14.3. The van der Waals surface area contributed by atoms with Gasteiger partial charge in [0.2, 0.25) is 5.91 Å². The zero-order chi connectivity index (χ0) is 18.5. The number of amides is 1. The molecule has 6 nitrogen and oxygen atoms in total. The highest BCUT2D eigenvalue weighted by atomic mass is 19.4. The molecule has 25 heavy (non-hydrogen) atoms. The molecular formula is C16H25F3N2O4. The number of halogens is 3.